The van der Waals surface area contributed by atoms with Crippen LogP contribution in [0.4, 0.5) is 8.78 Å². The topological polar surface area (TPSA) is 72.5 Å². The highest BCUT2D eigenvalue weighted by atomic mass is 32.2. The second kappa shape index (κ2) is 5.74. The lowest BCUT2D eigenvalue weighted by Crippen LogP contribution is -2.38. The Morgan fingerprint density at radius 3 is 2.70 bits per heavy atom. The first-order chi connectivity index (χ1) is 9.35. The van der Waals surface area contributed by atoms with Gasteiger partial charge in [-0.15, -0.1) is 0 Å². The highest BCUT2D eigenvalue weighted by Gasteiger charge is 2.28. The van der Waals surface area contributed by atoms with Crippen molar-refractivity contribution in [3.05, 3.63) is 29.8 Å². The average molecular weight is 305 g/mol. The van der Waals surface area contributed by atoms with Gasteiger partial charge in [-0.3, -0.25) is 4.79 Å². The maximum Gasteiger partial charge on any atom is 0.258 e. The Labute approximate surface area is 114 Å². The number of sulfone groups is 1. The number of carbonyl (C=O) groups is 1. The maximum atomic E-state index is 12.9. The van der Waals surface area contributed by atoms with Gasteiger partial charge in [-0.05, 0) is 18.6 Å². The average Bonchev–Trinajstić information content (AvgIpc) is 2.70. The molecule has 8 heteroatoms. The summed E-state index contributed by atoms with van der Waals surface area (Å²) in [7, 11) is -3.07. The van der Waals surface area contributed by atoms with Crippen molar-refractivity contribution < 1.29 is 26.7 Å². The predicted octanol–water partition coefficient (Wildman–Crippen LogP) is 0.647. The van der Waals surface area contributed by atoms with E-state index in [4.69, 9.17) is 4.74 Å². The molecule has 0 spiro atoms. The summed E-state index contributed by atoms with van der Waals surface area (Å²) in [6.07, 6.45) is 0.374. The van der Waals surface area contributed by atoms with Gasteiger partial charge in [-0.25, -0.2) is 17.2 Å². The van der Waals surface area contributed by atoms with Crippen LogP contribution >= 0.6 is 0 Å². The van der Waals surface area contributed by atoms with Crippen LogP contribution in [0.15, 0.2) is 18.2 Å². The zero-order valence-electron chi connectivity index (χ0n) is 10.4. The minimum absolute atomic E-state index is 0.0260. The summed E-state index contributed by atoms with van der Waals surface area (Å²) in [5, 5.41) is 2.52. The third-order valence-electron chi connectivity index (χ3n) is 2.86. The van der Waals surface area contributed by atoms with E-state index in [0.29, 0.717) is 6.42 Å². The van der Waals surface area contributed by atoms with Gasteiger partial charge in [-0.1, -0.05) is 0 Å². The fourth-order valence-electron chi connectivity index (χ4n) is 1.89. The molecule has 1 aromatic rings. The molecule has 0 bridgehead atoms. The molecule has 1 saturated heterocycles. The van der Waals surface area contributed by atoms with Crippen LogP contribution in [0.5, 0.6) is 5.75 Å². The molecule has 0 unspecified atom stereocenters. The molecule has 1 atom stereocenters. The number of carbonyl (C=O) groups excluding carboxylic acids is 1. The van der Waals surface area contributed by atoms with E-state index in [2.05, 4.69) is 5.32 Å². The summed E-state index contributed by atoms with van der Waals surface area (Å²) in [5.41, 5.74) is 0. The van der Waals surface area contributed by atoms with E-state index in [9.17, 15) is 22.0 Å². The molecule has 20 heavy (non-hydrogen) atoms. The smallest absolute Gasteiger partial charge is 0.258 e. The second-order valence-corrected chi connectivity index (χ2v) is 6.76. The number of halogens is 2. The number of amides is 1. The Bertz CT molecular complexity index is 618. The van der Waals surface area contributed by atoms with Crippen LogP contribution in [0.2, 0.25) is 0 Å². The highest BCUT2D eigenvalue weighted by Crippen LogP contribution is 2.15. The molecule has 1 heterocycles. The number of hydrogen-bond donors (Lipinski definition) is 1. The molecule has 110 valence electrons. The Kier molecular flexibility index (Phi) is 4.22. The third kappa shape index (κ3) is 3.89. The van der Waals surface area contributed by atoms with Crippen molar-refractivity contribution in [1.29, 1.82) is 0 Å². The van der Waals surface area contributed by atoms with E-state index in [0.717, 1.165) is 12.1 Å². The van der Waals surface area contributed by atoms with Gasteiger partial charge >= 0.3 is 0 Å². The van der Waals surface area contributed by atoms with Gasteiger partial charge in [0.15, 0.2) is 28.1 Å². The lowest BCUT2D eigenvalue weighted by Gasteiger charge is -2.11. The van der Waals surface area contributed by atoms with Crippen molar-refractivity contribution in [2.45, 2.75) is 12.5 Å². The van der Waals surface area contributed by atoms with E-state index >= 15 is 0 Å². The predicted molar refractivity (Wildman–Crippen MR) is 67.1 cm³/mol. The van der Waals surface area contributed by atoms with Gasteiger partial charge in [0.25, 0.3) is 5.91 Å². The molecule has 2 rings (SSSR count). The highest BCUT2D eigenvalue weighted by molar-refractivity contribution is 7.91. The molecule has 0 aliphatic carbocycles. The van der Waals surface area contributed by atoms with Crippen LogP contribution < -0.4 is 10.1 Å². The van der Waals surface area contributed by atoms with Crippen molar-refractivity contribution in [3.63, 3.8) is 0 Å². The van der Waals surface area contributed by atoms with Gasteiger partial charge < -0.3 is 10.1 Å². The van der Waals surface area contributed by atoms with Crippen molar-refractivity contribution in [1.82, 2.24) is 5.32 Å². The van der Waals surface area contributed by atoms with Crippen LogP contribution in [-0.4, -0.2) is 38.5 Å². The van der Waals surface area contributed by atoms with E-state index in [-0.39, 0.29) is 23.9 Å². The molecule has 1 fully saturated rings. The monoisotopic (exact) mass is 305 g/mol. The molecular formula is C12H13F2NO4S. The van der Waals surface area contributed by atoms with Gasteiger partial charge in [0.1, 0.15) is 5.75 Å². The molecule has 1 N–H and O–H groups in total. The number of ether oxygens (including phenoxy) is 1. The summed E-state index contributed by atoms with van der Waals surface area (Å²) in [6.45, 7) is -0.387. The largest absolute Gasteiger partial charge is 0.484 e. The molecule has 0 radical (unpaired) electrons. The first-order valence-electron chi connectivity index (χ1n) is 5.93. The first kappa shape index (κ1) is 14.7. The van der Waals surface area contributed by atoms with E-state index in [1.807, 2.05) is 0 Å². The summed E-state index contributed by atoms with van der Waals surface area (Å²) in [4.78, 5) is 11.5. The Morgan fingerprint density at radius 1 is 1.35 bits per heavy atom. The van der Waals surface area contributed by atoms with E-state index < -0.39 is 33.4 Å². The van der Waals surface area contributed by atoms with Gasteiger partial charge in [0.2, 0.25) is 0 Å². The number of nitrogens with one attached hydrogen (secondary N) is 1. The lowest BCUT2D eigenvalue weighted by molar-refractivity contribution is -0.123. The van der Waals surface area contributed by atoms with Crippen LogP contribution in [0, 0.1) is 11.6 Å². The molecule has 0 saturated carbocycles. The molecule has 1 aromatic carbocycles. The summed E-state index contributed by atoms with van der Waals surface area (Å²) >= 11 is 0. The third-order valence-corrected chi connectivity index (χ3v) is 4.63. The summed E-state index contributed by atoms with van der Waals surface area (Å²) in [6, 6.07) is 2.52. The second-order valence-electron chi connectivity index (χ2n) is 4.53. The SMILES string of the molecule is O=C(COc1ccc(F)c(F)c1)N[C@H]1CCS(=O)(=O)C1. The molecule has 0 aromatic heterocycles. The minimum Gasteiger partial charge on any atom is -0.484 e. The standard InChI is InChI=1S/C12H13F2NO4S/c13-10-2-1-9(5-11(10)14)19-6-12(16)15-8-3-4-20(17,18)7-8/h1-2,5,8H,3-4,6-7H2,(H,15,16)/t8-/m0/s1. The molecular weight excluding hydrogens is 292 g/mol. The Balaban J connectivity index is 1.82. The van der Waals surface area contributed by atoms with Crippen molar-refractivity contribution in [2.75, 3.05) is 18.1 Å². The Hall–Kier alpha value is -1.70. The quantitative estimate of drug-likeness (QED) is 0.886. The van der Waals surface area contributed by atoms with Crippen molar-refractivity contribution >= 4 is 15.7 Å². The number of rotatable bonds is 4. The van der Waals surface area contributed by atoms with Crippen LogP contribution in [0.1, 0.15) is 6.42 Å². The summed E-state index contributed by atoms with van der Waals surface area (Å²) < 4.78 is 53.0. The zero-order chi connectivity index (χ0) is 14.8. The van der Waals surface area contributed by atoms with Crippen LogP contribution in [-0.2, 0) is 14.6 Å². The molecule has 1 aliphatic heterocycles. The van der Waals surface area contributed by atoms with Crippen molar-refractivity contribution in [2.24, 2.45) is 0 Å². The normalized spacial score (nSPS) is 20.6. The van der Waals surface area contributed by atoms with Crippen molar-refractivity contribution in [3.8, 4) is 5.75 Å². The zero-order valence-corrected chi connectivity index (χ0v) is 11.3. The Morgan fingerprint density at radius 2 is 2.10 bits per heavy atom. The van der Waals surface area contributed by atoms with Gasteiger partial charge in [0, 0.05) is 12.1 Å². The van der Waals surface area contributed by atoms with E-state index in [1.54, 1.807) is 0 Å². The van der Waals surface area contributed by atoms with Gasteiger partial charge in [0.05, 0.1) is 11.5 Å². The fourth-order valence-corrected chi connectivity index (χ4v) is 3.57. The fraction of sp³-hybridized carbons (Fsp3) is 0.417. The summed E-state index contributed by atoms with van der Waals surface area (Å²) in [5.74, 6) is -2.57. The molecule has 1 amide bonds. The first-order valence-corrected chi connectivity index (χ1v) is 7.75. The number of benzene rings is 1. The molecule has 5 nitrogen and oxygen atoms in total. The number of hydrogen-bond acceptors (Lipinski definition) is 4. The van der Waals surface area contributed by atoms with Gasteiger partial charge in [-0.2, -0.15) is 0 Å². The molecule has 1 aliphatic rings. The van der Waals surface area contributed by atoms with E-state index in [1.165, 1.54) is 6.07 Å². The minimum atomic E-state index is -3.07. The van der Waals surface area contributed by atoms with Crippen LogP contribution in [0.25, 0.3) is 0 Å². The lowest BCUT2D eigenvalue weighted by atomic mass is 10.2. The maximum absolute atomic E-state index is 12.9. The van der Waals surface area contributed by atoms with Crippen LogP contribution in [0.3, 0.4) is 0 Å².